The quantitative estimate of drug-likeness (QED) is 0.747. The van der Waals surface area contributed by atoms with E-state index in [0.717, 1.165) is 17.9 Å². The molecular formula is C16H19ClN2OS. The number of rotatable bonds is 6. The molecule has 1 unspecified atom stereocenters. The fraction of sp³-hybridized carbons (Fsp3) is 0.375. The number of aromatic nitrogens is 1. The highest BCUT2D eigenvalue weighted by atomic mass is 35.5. The second kappa shape index (κ2) is 7.16. The molecule has 0 radical (unpaired) electrons. The van der Waals surface area contributed by atoms with E-state index in [9.17, 15) is 4.79 Å². The molecule has 21 heavy (non-hydrogen) atoms. The molecule has 3 nitrogen and oxygen atoms in total. The number of likely N-dealkylation sites (N-methyl/N-ethyl adjacent to an activating group) is 1. The summed E-state index contributed by atoms with van der Waals surface area (Å²) in [5, 5.41) is 0. The number of halogens is 1. The minimum atomic E-state index is -0.188. The topological polar surface area (TPSA) is 33.2 Å². The number of carbonyl (C=O) groups is 1. The van der Waals surface area contributed by atoms with Gasteiger partial charge in [-0.2, -0.15) is 0 Å². The van der Waals surface area contributed by atoms with Crippen LogP contribution in [0.3, 0.4) is 0 Å². The molecule has 0 N–H and O–H groups in total. The van der Waals surface area contributed by atoms with Gasteiger partial charge in [0.2, 0.25) is 0 Å². The number of hydrogen-bond acceptors (Lipinski definition) is 4. The second-order valence-corrected chi connectivity index (χ2v) is 6.69. The van der Waals surface area contributed by atoms with Crippen LogP contribution in [0.5, 0.6) is 0 Å². The average Bonchev–Trinajstić information content (AvgIpc) is 2.90. The van der Waals surface area contributed by atoms with Gasteiger partial charge >= 0.3 is 0 Å². The van der Waals surface area contributed by atoms with Gasteiger partial charge in [0, 0.05) is 12.2 Å². The first kappa shape index (κ1) is 16.1. The fourth-order valence-corrected chi connectivity index (χ4v) is 3.30. The zero-order chi connectivity index (χ0) is 15.4. The molecule has 2 rings (SSSR count). The van der Waals surface area contributed by atoms with Crippen LogP contribution in [0.15, 0.2) is 30.3 Å². The zero-order valence-electron chi connectivity index (χ0n) is 12.5. The summed E-state index contributed by atoms with van der Waals surface area (Å²) in [4.78, 5) is 19.8. The maximum Gasteiger partial charge on any atom is 0.189 e. The third-order valence-electron chi connectivity index (χ3n) is 3.46. The van der Waals surface area contributed by atoms with Crippen molar-refractivity contribution in [3.63, 3.8) is 0 Å². The van der Waals surface area contributed by atoms with E-state index in [2.05, 4.69) is 16.8 Å². The minimum Gasteiger partial charge on any atom is -0.291 e. The summed E-state index contributed by atoms with van der Waals surface area (Å²) in [6, 6.07) is 9.34. The number of nitrogens with zero attached hydrogens (tertiary/aromatic N) is 2. The lowest BCUT2D eigenvalue weighted by Crippen LogP contribution is -2.38. The van der Waals surface area contributed by atoms with Crippen molar-refractivity contribution >= 4 is 28.7 Å². The Kier molecular flexibility index (Phi) is 5.51. The number of hydrogen-bond donors (Lipinski definition) is 0. The lowest BCUT2D eigenvalue weighted by molar-refractivity contribution is 0.0838. The third-order valence-corrected chi connectivity index (χ3v) is 4.71. The van der Waals surface area contributed by atoms with E-state index >= 15 is 0 Å². The highest BCUT2D eigenvalue weighted by molar-refractivity contribution is 7.18. The van der Waals surface area contributed by atoms with Crippen molar-refractivity contribution in [1.29, 1.82) is 0 Å². The van der Waals surface area contributed by atoms with E-state index in [1.165, 1.54) is 11.3 Å². The van der Waals surface area contributed by atoms with Crippen molar-refractivity contribution in [3.05, 3.63) is 50.9 Å². The molecule has 2 aromatic heterocycles. The SMILES string of the molecule is CCN(Cc1cccc(C)n1)C(C)C(=O)c1ccc(Cl)s1. The lowest BCUT2D eigenvalue weighted by atomic mass is 10.1. The molecule has 0 amide bonds. The van der Waals surface area contributed by atoms with Crippen LogP contribution in [0.25, 0.3) is 0 Å². The van der Waals surface area contributed by atoms with Crippen LogP contribution >= 0.6 is 22.9 Å². The molecule has 2 heterocycles. The molecule has 112 valence electrons. The number of aryl methyl sites for hydroxylation is 1. The van der Waals surface area contributed by atoms with Crippen LogP contribution in [-0.2, 0) is 6.54 Å². The van der Waals surface area contributed by atoms with E-state index < -0.39 is 0 Å². The number of carbonyl (C=O) groups excluding carboxylic acids is 1. The van der Waals surface area contributed by atoms with Crippen LogP contribution in [0.2, 0.25) is 4.34 Å². The Hall–Kier alpha value is -1.23. The summed E-state index contributed by atoms with van der Waals surface area (Å²) in [5.41, 5.74) is 1.98. The van der Waals surface area contributed by atoms with Crippen molar-refractivity contribution < 1.29 is 4.79 Å². The van der Waals surface area contributed by atoms with Crippen LogP contribution in [-0.4, -0.2) is 28.3 Å². The molecule has 0 fully saturated rings. The normalized spacial score (nSPS) is 12.6. The molecule has 0 aliphatic rings. The van der Waals surface area contributed by atoms with Crippen LogP contribution in [0.1, 0.15) is 34.9 Å². The largest absolute Gasteiger partial charge is 0.291 e. The van der Waals surface area contributed by atoms with E-state index in [1.807, 2.05) is 32.0 Å². The Morgan fingerprint density at radius 1 is 1.38 bits per heavy atom. The third kappa shape index (κ3) is 4.13. The van der Waals surface area contributed by atoms with Crippen molar-refractivity contribution in [2.24, 2.45) is 0 Å². The Labute approximate surface area is 134 Å². The van der Waals surface area contributed by atoms with E-state index in [1.54, 1.807) is 12.1 Å². The second-order valence-electron chi connectivity index (χ2n) is 4.98. The smallest absolute Gasteiger partial charge is 0.189 e. The molecule has 0 aliphatic heterocycles. The molecule has 0 saturated heterocycles. The Morgan fingerprint density at radius 2 is 2.14 bits per heavy atom. The summed E-state index contributed by atoms with van der Waals surface area (Å²) >= 11 is 7.25. The Bertz CT molecular complexity index is 626. The molecular weight excluding hydrogens is 304 g/mol. The highest BCUT2D eigenvalue weighted by Gasteiger charge is 2.23. The van der Waals surface area contributed by atoms with Gasteiger partial charge < -0.3 is 0 Å². The molecule has 0 aromatic carbocycles. The van der Waals surface area contributed by atoms with Crippen molar-refractivity contribution in [3.8, 4) is 0 Å². The molecule has 0 saturated carbocycles. The standard InChI is InChI=1S/C16H19ClN2OS/c1-4-19(10-13-7-5-6-11(2)18-13)12(3)16(20)14-8-9-15(17)21-14/h5-9,12H,4,10H2,1-3H3. The van der Waals surface area contributed by atoms with E-state index in [4.69, 9.17) is 11.6 Å². The van der Waals surface area contributed by atoms with Gasteiger partial charge in [-0.1, -0.05) is 24.6 Å². The van der Waals surface area contributed by atoms with Gasteiger partial charge in [-0.05, 0) is 44.7 Å². The summed E-state index contributed by atoms with van der Waals surface area (Å²) in [6.07, 6.45) is 0. The van der Waals surface area contributed by atoms with Crippen LogP contribution < -0.4 is 0 Å². The van der Waals surface area contributed by atoms with E-state index in [-0.39, 0.29) is 11.8 Å². The molecule has 2 aromatic rings. The molecule has 0 aliphatic carbocycles. The number of ketones is 1. The molecule has 5 heteroatoms. The van der Waals surface area contributed by atoms with Gasteiger partial charge in [-0.25, -0.2) is 0 Å². The average molecular weight is 323 g/mol. The zero-order valence-corrected chi connectivity index (χ0v) is 14.0. The van der Waals surface area contributed by atoms with E-state index in [0.29, 0.717) is 15.8 Å². The summed E-state index contributed by atoms with van der Waals surface area (Å²) in [5.74, 6) is 0.112. The van der Waals surface area contributed by atoms with Crippen molar-refractivity contribution in [2.45, 2.75) is 33.4 Å². The minimum absolute atomic E-state index is 0.112. The summed E-state index contributed by atoms with van der Waals surface area (Å²) < 4.78 is 0.647. The predicted octanol–water partition coefficient (Wildman–Crippen LogP) is 4.20. The van der Waals surface area contributed by atoms with Crippen molar-refractivity contribution in [2.75, 3.05) is 6.54 Å². The van der Waals surface area contributed by atoms with Crippen molar-refractivity contribution in [1.82, 2.24) is 9.88 Å². The first-order valence-electron chi connectivity index (χ1n) is 6.97. The first-order valence-corrected chi connectivity index (χ1v) is 8.17. The molecule has 1 atom stereocenters. The number of thiophene rings is 1. The monoisotopic (exact) mass is 322 g/mol. The Morgan fingerprint density at radius 3 is 2.71 bits per heavy atom. The maximum absolute atomic E-state index is 12.5. The molecule has 0 bridgehead atoms. The van der Waals surface area contributed by atoms with Gasteiger partial charge in [-0.15, -0.1) is 11.3 Å². The van der Waals surface area contributed by atoms with Gasteiger partial charge in [0.15, 0.2) is 5.78 Å². The maximum atomic E-state index is 12.5. The first-order chi connectivity index (χ1) is 10.0. The van der Waals surface area contributed by atoms with Gasteiger partial charge in [-0.3, -0.25) is 14.7 Å². The molecule has 0 spiro atoms. The van der Waals surface area contributed by atoms with Gasteiger partial charge in [0.1, 0.15) is 0 Å². The van der Waals surface area contributed by atoms with Crippen LogP contribution in [0, 0.1) is 6.92 Å². The predicted molar refractivity (Wildman–Crippen MR) is 88.2 cm³/mol. The highest BCUT2D eigenvalue weighted by Crippen LogP contribution is 2.24. The number of Topliss-reactive ketones (excluding diaryl/α,β-unsaturated/α-hetero) is 1. The van der Waals surface area contributed by atoms with Crippen LogP contribution in [0.4, 0.5) is 0 Å². The Balaban J connectivity index is 2.11. The summed E-state index contributed by atoms with van der Waals surface area (Å²) in [6.45, 7) is 7.43. The fourth-order valence-electron chi connectivity index (χ4n) is 2.24. The van der Waals surface area contributed by atoms with Gasteiger partial charge in [0.25, 0.3) is 0 Å². The van der Waals surface area contributed by atoms with Gasteiger partial charge in [0.05, 0.1) is 20.9 Å². The number of pyridine rings is 1. The summed E-state index contributed by atoms with van der Waals surface area (Å²) in [7, 11) is 0. The lowest BCUT2D eigenvalue weighted by Gasteiger charge is -2.26.